The number of nitrogens with one attached hydrogen (secondary N) is 2. The number of hydrogen-bond donors (Lipinski definition) is 2. The molecule has 1 atom stereocenters. The lowest BCUT2D eigenvalue weighted by Gasteiger charge is -2.28. The van der Waals surface area contributed by atoms with E-state index >= 15 is 0 Å². The molecule has 0 bridgehead atoms. The third-order valence-electron chi connectivity index (χ3n) is 5.59. The molecule has 1 aliphatic rings. The van der Waals surface area contributed by atoms with Crippen molar-refractivity contribution in [3.63, 3.8) is 0 Å². The van der Waals surface area contributed by atoms with Gasteiger partial charge < -0.3 is 14.8 Å². The van der Waals surface area contributed by atoms with E-state index in [4.69, 9.17) is 9.47 Å². The number of anilines is 2. The number of hydrogen-bond acceptors (Lipinski definition) is 9. The topological polar surface area (TPSA) is 111 Å². The van der Waals surface area contributed by atoms with Gasteiger partial charge in [-0.05, 0) is 55.5 Å². The summed E-state index contributed by atoms with van der Waals surface area (Å²) in [5.74, 6) is 0.801. The van der Waals surface area contributed by atoms with Gasteiger partial charge in [0.1, 0.15) is 5.75 Å². The molecule has 32 heavy (non-hydrogen) atoms. The highest BCUT2D eigenvalue weighted by molar-refractivity contribution is 7.19. The van der Waals surface area contributed by atoms with Crippen LogP contribution in [-0.2, 0) is 9.53 Å². The van der Waals surface area contributed by atoms with Gasteiger partial charge in [-0.3, -0.25) is 10.1 Å². The summed E-state index contributed by atoms with van der Waals surface area (Å²) in [6.07, 6.45) is 5.06. The molecule has 1 fully saturated rings. The van der Waals surface area contributed by atoms with E-state index in [-0.39, 0.29) is 5.91 Å². The highest BCUT2D eigenvalue weighted by Crippen LogP contribution is 2.33. The molecule has 0 unspecified atom stereocenters. The predicted octanol–water partition coefficient (Wildman–Crippen LogP) is 3.80. The lowest BCUT2D eigenvalue weighted by Crippen LogP contribution is -2.25. The quantitative estimate of drug-likeness (QED) is 0.529. The van der Waals surface area contributed by atoms with Crippen molar-refractivity contribution in [2.75, 3.05) is 24.9 Å². The van der Waals surface area contributed by atoms with E-state index in [0.717, 1.165) is 31.4 Å². The van der Waals surface area contributed by atoms with Crippen LogP contribution in [-0.4, -0.2) is 46.6 Å². The highest BCUT2D eigenvalue weighted by atomic mass is 32.1. The SMILES string of the molecule is COc1cccc([C@H](OC)C(=O)Nc2nnc(N[C@H]3CC[C@H](c4cccnn4)CC3)s2)c1. The predicted molar refractivity (Wildman–Crippen MR) is 122 cm³/mol. The molecule has 0 aliphatic heterocycles. The van der Waals surface area contributed by atoms with Crippen molar-refractivity contribution >= 4 is 27.5 Å². The molecule has 0 radical (unpaired) electrons. The second-order valence-electron chi connectivity index (χ2n) is 7.64. The maximum Gasteiger partial charge on any atom is 0.259 e. The molecular weight excluding hydrogens is 428 g/mol. The Morgan fingerprint density at radius 2 is 1.88 bits per heavy atom. The van der Waals surface area contributed by atoms with Crippen LogP contribution in [0.15, 0.2) is 42.6 Å². The zero-order valence-electron chi connectivity index (χ0n) is 18.0. The van der Waals surface area contributed by atoms with Crippen LogP contribution in [0.3, 0.4) is 0 Å². The van der Waals surface area contributed by atoms with Gasteiger partial charge in [-0.25, -0.2) is 0 Å². The number of benzene rings is 1. The van der Waals surface area contributed by atoms with Gasteiger partial charge in [0, 0.05) is 25.3 Å². The Morgan fingerprint density at radius 3 is 2.59 bits per heavy atom. The maximum absolute atomic E-state index is 12.7. The van der Waals surface area contributed by atoms with E-state index in [2.05, 4.69) is 31.0 Å². The minimum atomic E-state index is -0.776. The van der Waals surface area contributed by atoms with E-state index in [1.807, 2.05) is 30.3 Å². The summed E-state index contributed by atoms with van der Waals surface area (Å²) in [7, 11) is 3.08. The summed E-state index contributed by atoms with van der Waals surface area (Å²) < 4.78 is 10.6. The normalized spacial score (nSPS) is 19.2. The van der Waals surface area contributed by atoms with Crippen LogP contribution in [0.25, 0.3) is 0 Å². The molecule has 9 nitrogen and oxygen atoms in total. The molecule has 4 rings (SSSR count). The lowest BCUT2D eigenvalue weighted by molar-refractivity contribution is -0.126. The van der Waals surface area contributed by atoms with Crippen molar-refractivity contribution in [3.8, 4) is 5.75 Å². The van der Waals surface area contributed by atoms with E-state index < -0.39 is 6.10 Å². The van der Waals surface area contributed by atoms with Crippen LogP contribution in [0.4, 0.5) is 10.3 Å². The van der Waals surface area contributed by atoms with Gasteiger partial charge in [0.2, 0.25) is 10.3 Å². The molecule has 1 aliphatic carbocycles. The molecule has 1 saturated carbocycles. The van der Waals surface area contributed by atoms with Gasteiger partial charge >= 0.3 is 0 Å². The molecule has 10 heteroatoms. The summed E-state index contributed by atoms with van der Waals surface area (Å²) >= 11 is 1.31. The minimum Gasteiger partial charge on any atom is -0.497 e. The Bertz CT molecular complexity index is 1020. The van der Waals surface area contributed by atoms with Gasteiger partial charge in [-0.2, -0.15) is 10.2 Å². The molecule has 1 aromatic carbocycles. The molecule has 1 amide bonds. The molecule has 0 saturated heterocycles. The van der Waals surface area contributed by atoms with E-state index in [1.54, 1.807) is 19.4 Å². The Balaban J connectivity index is 1.31. The lowest BCUT2D eigenvalue weighted by atomic mass is 9.84. The van der Waals surface area contributed by atoms with Crippen molar-refractivity contribution < 1.29 is 14.3 Å². The Kier molecular flexibility index (Phi) is 7.23. The first-order valence-electron chi connectivity index (χ1n) is 10.5. The summed E-state index contributed by atoms with van der Waals surface area (Å²) in [6.45, 7) is 0. The summed E-state index contributed by atoms with van der Waals surface area (Å²) in [6, 6.07) is 11.5. The number of ether oxygens (including phenoxy) is 2. The van der Waals surface area contributed by atoms with Crippen LogP contribution in [0.5, 0.6) is 5.75 Å². The second kappa shape index (κ2) is 10.5. The van der Waals surface area contributed by atoms with Gasteiger partial charge in [0.15, 0.2) is 6.10 Å². The molecule has 0 spiro atoms. The van der Waals surface area contributed by atoms with Gasteiger partial charge in [-0.1, -0.05) is 23.5 Å². The third-order valence-corrected chi connectivity index (χ3v) is 6.36. The fourth-order valence-electron chi connectivity index (χ4n) is 3.94. The van der Waals surface area contributed by atoms with Crippen molar-refractivity contribution in [3.05, 3.63) is 53.9 Å². The molecular formula is C22H26N6O3S. The fraction of sp³-hybridized carbons (Fsp3) is 0.409. The molecule has 2 heterocycles. The number of nitrogens with zero attached hydrogens (tertiary/aromatic N) is 4. The zero-order chi connectivity index (χ0) is 22.3. The second-order valence-corrected chi connectivity index (χ2v) is 8.61. The summed E-state index contributed by atoms with van der Waals surface area (Å²) in [5.41, 5.74) is 1.77. The Labute approximate surface area is 190 Å². The molecule has 168 valence electrons. The largest absolute Gasteiger partial charge is 0.497 e. The first kappa shape index (κ1) is 22.1. The van der Waals surface area contributed by atoms with Crippen LogP contribution in [0, 0.1) is 0 Å². The Hall–Kier alpha value is -3.11. The van der Waals surface area contributed by atoms with Crippen LogP contribution >= 0.6 is 11.3 Å². The number of amides is 1. The third kappa shape index (κ3) is 5.38. The molecule has 3 aromatic rings. The highest BCUT2D eigenvalue weighted by Gasteiger charge is 2.25. The number of methoxy groups -OCH3 is 2. The van der Waals surface area contributed by atoms with Gasteiger partial charge in [0.05, 0.1) is 12.8 Å². The average molecular weight is 455 g/mol. The fourth-order valence-corrected chi connectivity index (χ4v) is 4.67. The number of carbonyl (C=O) groups is 1. The van der Waals surface area contributed by atoms with Crippen molar-refractivity contribution in [1.29, 1.82) is 0 Å². The first-order chi connectivity index (χ1) is 15.7. The van der Waals surface area contributed by atoms with Crippen LogP contribution in [0.1, 0.15) is 49.0 Å². The van der Waals surface area contributed by atoms with E-state index in [9.17, 15) is 4.79 Å². The number of rotatable bonds is 8. The van der Waals surface area contributed by atoms with Crippen LogP contribution in [0.2, 0.25) is 0 Å². The number of aromatic nitrogens is 4. The average Bonchev–Trinajstić information content (AvgIpc) is 3.27. The summed E-state index contributed by atoms with van der Waals surface area (Å²) in [5, 5.41) is 23.9. The summed E-state index contributed by atoms with van der Waals surface area (Å²) in [4.78, 5) is 12.7. The van der Waals surface area contributed by atoms with Gasteiger partial charge in [0.25, 0.3) is 5.91 Å². The standard InChI is InChI=1S/C22H26N6O3S/c1-30-17-6-3-5-15(13-17)19(31-2)20(29)25-22-28-27-21(32-22)24-16-10-8-14(9-11-16)18-7-4-12-23-26-18/h3-7,12-14,16,19H,8-11H2,1-2H3,(H,24,27)(H,25,28,29)/t14-,16-,19-/m0/s1. The van der Waals surface area contributed by atoms with Gasteiger partial charge in [-0.15, -0.1) is 10.2 Å². The van der Waals surface area contributed by atoms with Crippen molar-refractivity contribution in [2.45, 2.75) is 43.7 Å². The zero-order valence-corrected chi connectivity index (χ0v) is 18.8. The van der Waals surface area contributed by atoms with Crippen LogP contribution < -0.4 is 15.4 Å². The Morgan fingerprint density at radius 1 is 1.06 bits per heavy atom. The molecule has 2 N–H and O–H groups in total. The smallest absolute Gasteiger partial charge is 0.259 e. The molecule has 2 aromatic heterocycles. The van der Waals surface area contributed by atoms with Crippen molar-refractivity contribution in [1.82, 2.24) is 20.4 Å². The first-order valence-corrected chi connectivity index (χ1v) is 11.3. The van der Waals surface area contributed by atoms with E-state index in [1.165, 1.54) is 18.4 Å². The van der Waals surface area contributed by atoms with E-state index in [0.29, 0.717) is 33.5 Å². The maximum atomic E-state index is 12.7. The number of carbonyl (C=O) groups excluding carboxylic acids is 1. The van der Waals surface area contributed by atoms with Crippen molar-refractivity contribution in [2.24, 2.45) is 0 Å². The monoisotopic (exact) mass is 454 g/mol. The minimum absolute atomic E-state index is 0.312.